The van der Waals surface area contributed by atoms with E-state index < -0.39 is 0 Å². The Hall–Kier alpha value is -2.11. The minimum Gasteiger partial charge on any atom is -0.371 e. The fourth-order valence-corrected chi connectivity index (χ4v) is 4.55. The second kappa shape index (κ2) is 7.25. The Kier molecular flexibility index (Phi) is 4.83. The maximum absolute atomic E-state index is 12.6. The van der Waals surface area contributed by atoms with Crippen LogP contribution in [-0.2, 0) is 4.79 Å². The van der Waals surface area contributed by atoms with Crippen molar-refractivity contribution in [3.8, 4) is 0 Å². The number of thiazole rings is 1. The number of rotatable bonds is 3. The molecular formula is C20H20ClN3OS. The third-order valence-electron chi connectivity index (χ3n) is 4.89. The van der Waals surface area contributed by atoms with Crippen LogP contribution in [-0.4, -0.2) is 24.0 Å². The summed E-state index contributed by atoms with van der Waals surface area (Å²) in [6, 6.07) is 14.0. The van der Waals surface area contributed by atoms with E-state index in [1.165, 1.54) is 11.3 Å². The number of nitrogens with zero attached hydrogens (tertiary/aromatic N) is 2. The number of hydrogen-bond acceptors (Lipinski definition) is 4. The average molecular weight is 386 g/mol. The van der Waals surface area contributed by atoms with Gasteiger partial charge in [0.15, 0.2) is 5.13 Å². The van der Waals surface area contributed by atoms with Crippen molar-refractivity contribution in [2.75, 3.05) is 23.3 Å². The van der Waals surface area contributed by atoms with Crippen molar-refractivity contribution in [1.29, 1.82) is 0 Å². The van der Waals surface area contributed by atoms with Crippen molar-refractivity contribution in [1.82, 2.24) is 4.98 Å². The van der Waals surface area contributed by atoms with E-state index in [1.807, 2.05) is 43.3 Å². The van der Waals surface area contributed by atoms with E-state index in [1.54, 1.807) is 0 Å². The molecule has 2 aromatic carbocycles. The Morgan fingerprint density at radius 3 is 2.73 bits per heavy atom. The van der Waals surface area contributed by atoms with Gasteiger partial charge in [0.2, 0.25) is 5.91 Å². The molecule has 26 heavy (non-hydrogen) atoms. The van der Waals surface area contributed by atoms with E-state index in [0.29, 0.717) is 5.13 Å². The number of fused-ring (bicyclic) bond motifs is 1. The Labute approximate surface area is 161 Å². The molecule has 1 amide bonds. The highest BCUT2D eigenvalue weighted by atomic mass is 35.5. The van der Waals surface area contributed by atoms with E-state index in [9.17, 15) is 4.79 Å². The second-order valence-electron chi connectivity index (χ2n) is 6.67. The summed E-state index contributed by atoms with van der Waals surface area (Å²) in [5.74, 6) is 0.103. The van der Waals surface area contributed by atoms with Gasteiger partial charge >= 0.3 is 0 Å². The lowest BCUT2D eigenvalue weighted by atomic mass is 9.95. The molecule has 3 aromatic rings. The molecule has 1 aliphatic heterocycles. The van der Waals surface area contributed by atoms with Gasteiger partial charge in [-0.3, -0.25) is 4.79 Å². The van der Waals surface area contributed by atoms with Gasteiger partial charge in [-0.15, -0.1) is 0 Å². The molecule has 4 nitrogen and oxygen atoms in total. The number of nitrogens with one attached hydrogen (secondary N) is 1. The van der Waals surface area contributed by atoms with Gasteiger partial charge in [0.25, 0.3) is 0 Å². The molecular weight excluding hydrogens is 366 g/mol. The maximum Gasteiger partial charge on any atom is 0.229 e. The van der Waals surface area contributed by atoms with Gasteiger partial charge in [-0.25, -0.2) is 4.98 Å². The highest BCUT2D eigenvalue weighted by Crippen LogP contribution is 2.30. The SMILES string of the molecule is Cc1cccc2sc(NC(=O)C3CCN(c4cccc(Cl)c4)CC3)nc12. The summed E-state index contributed by atoms with van der Waals surface area (Å²) in [5.41, 5.74) is 3.23. The van der Waals surface area contributed by atoms with Crippen molar-refractivity contribution in [2.24, 2.45) is 5.92 Å². The summed E-state index contributed by atoms with van der Waals surface area (Å²) in [4.78, 5) is 19.5. The molecule has 1 saturated heterocycles. The molecule has 0 spiro atoms. The number of amides is 1. The summed E-state index contributed by atoms with van der Waals surface area (Å²) >= 11 is 7.62. The number of benzene rings is 2. The molecule has 0 aliphatic carbocycles. The van der Waals surface area contributed by atoms with Crippen LogP contribution in [0.1, 0.15) is 18.4 Å². The topological polar surface area (TPSA) is 45.2 Å². The number of carbonyl (C=O) groups excluding carboxylic acids is 1. The normalized spacial score (nSPS) is 15.4. The van der Waals surface area contributed by atoms with Crippen molar-refractivity contribution in [3.05, 3.63) is 53.1 Å². The number of halogens is 1. The van der Waals surface area contributed by atoms with Crippen LogP contribution in [0.25, 0.3) is 10.2 Å². The van der Waals surface area contributed by atoms with Gasteiger partial charge in [-0.05, 0) is 49.6 Å². The number of carbonyl (C=O) groups is 1. The quantitative estimate of drug-likeness (QED) is 0.681. The number of anilines is 2. The molecule has 1 N–H and O–H groups in total. The van der Waals surface area contributed by atoms with Crippen LogP contribution in [0.4, 0.5) is 10.8 Å². The largest absolute Gasteiger partial charge is 0.371 e. The van der Waals surface area contributed by atoms with Gasteiger partial charge in [0.1, 0.15) is 0 Å². The monoisotopic (exact) mass is 385 g/mol. The minimum atomic E-state index is 0.0264. The first-order valence-corrected chi connectivity index (χ1v) is 9.97. The fourth-order valence-electron chi connectivity index (χ4n) is 3.42. The molecule has 6 heteroatoms. The van der Waals surface area contributed by atoms with Gasteiger partial charge in [-0.1, -0.05) is 41.1 Å². The Morgan fingerprint density at radius 2 is 2.00 bits per heavy atom. The predicted octanol–water partition coefficient (Wildman–Crippen LogP) is 5.11. The van der Waals surface area contributed by atoms with Crippen molar-refractivity contribution in [2.45, 2.75) is 19.8 Å². The molecule has 1 aliphatic rings. The molecule has 2 heterocycles. The molecule has 0 unspecified atom stereocenters. The highest BCUT2D eigenvalue weighted by Gasteiger charge is 2.26. The lowest BCUT2D eigenvalue weighted by Gasteiger charge is -2.32. The maximum atomic E-state index is 12.6. The van der Waals surface area contributed by atoms with Crippen LogP contribution in [0.5, 0.6) is 0 Å². The van der Waals surface area contributed by atoms with Gasteiger partial charge in [0.05, 0.1) is 10.2 Å². The predicted molar refractivity (Wildman–Crippen MR) is 109 cm³/mol. The highest BCUT2D eigenvalue weighted by molar-refractivity contribution is 7.22. The van der Waals surface area contributed by atoms with E-state index in [0.717, 1.165) is 52.4 Å². The van der Waals surface area contributed by atoms with Crippen molar-refractivity contribution < 1.29 is 4.79 Å². The third kappa shape index (κ3) is 3.55. The molecule has 1 aromatic heterocycles. The third-order valence-corrected chi connectivity index (χ3v) is 6.06. The van der Waals surface area contributed by atoms with E-state index >= 15 is 0 Å². The molecule has 0 atom stereocenters. The standard InChI is InChI=1S/C20H20ClN3OS/c1-13-4-2-7-17-18(13)22-20(26-17)23-19(25)14-8-10-24(11-9-14)16-6-3-5-15(21)12-16/h2-7,12,14H,8-11H2,1H3,(H,22,23,25). The minimum absolute atomic E-state index is 0.0264. The van der Waals surface area contributed by atoms with Crippen LogP contribution >= 0.6 is 22.9 Å². The van der Waals surface area contributed by atoms with Gasteiger partial charge in [-0.2, -0.15) is 0 Å². The fraction of sp³-hybridized carbons (Fsp3) is 0.300. The summed E-state index contributed by atoms with van der Waals surface area (Å²) < 4.78 is 1.11. The van der Waals surface area contributed by atoms with E-state index in [2.05, 4.69) is 21.3 Å². The smallest absolute Gasteiger partial charge is 0.229 e. The molecule has 0 saturated carbocycles. The molecule has 4 rings (SSSR count). The first-order valence-electron chi connectivity index (χ1n) is 8.78. The lowest BCUT2D eigenvalue weighted by Crippen LogP contribution is -2.38. The zero-order valence-electron chi connectivity index (χ0n) is 14.5. The molecule has 0 radical (unpaired) electrons. The summed E-state index contributed by atoms with van der Waals surface area (Å²) in [6.45, 7) is 3.76. The first kappa shape index (κ1) is 17.3. The lowest BCUT2D eigenvalue weighted by molar-refractivity contribution is -0.120. The van der Waals surface area contributed by atoms with Crippen LogP contribution in [0.15, 0.2) is 42.5 Å². The van der Waals surface area contributed by atoms with Crippen LogP contribution in [0.2, 0.25) is 5.02 Å². The number of aromatic nitrogens is 1. The summed E-state index contributed by atoms with van der Waals surface area (Å²) in [7, 11) is 0. The van der Waals surface area contributed by atoms with Crippen LogP contribution in [0.3, 0.4) is 0 Å². The van der Waals surface area contributed by atoms with E-state index in [-0.39, 0.29) is 11.8 Å². The van der Waals surface area contributed by atoms with E-state index in [4.69, 9.17) is 11.6 Å². The zero-order chi connectivity index (χ0) is 18.1. The van der Waals surface area contributed by atoms with Crippen LogP contribution in [0, 0.1) is 12.8 Å². The summed E-state index contributed by atoms with van der Waals surface area (Å²) in [5, 5.41) is 4.46. The van der Waals surface area contributed by atoms with Gasteiger partial charge < -0.3 is 10.2 Å². The first-order chi connectivity index (χ1) is 12.6. The Bertz CT molecular complexity index is 947. The van der Waals surface area contributed by atoms with Crippen molar-refractivity contribution >= 4 is 49.9 Å². The molecule has 0 bridgehead atoms. The Morgan fingerprint density at radius 1 is 1.23 bits per heavy atom. The summed E-state index contributed by atoms with van der Waals surface area (Å²) in [6.07, 6.45) is 1.67. The zero-order valence-corrected chi connectivity index (χ0v) is 16.1. The molecule has 134 valence electrons. The number of piperidine rings is 1. The Balaban J connectivity index is 1.39. The molecule has 1 fully saturated rings. The van der Waals surface area contributed by atoms with Crippen molar-refractivity contribution in [3.63, 3.8) is 0 Å². The average Bonchev–Trinajstić information content (AvgIpc) is 3.06. The second-order valence-corrected chi connectivity index (χ2v) is 8.14. The van der Waals surface area contributed by atoms with Gasteiger partial charge in [0, 0.05) is 29.7 Å². The van der Waals surface area contributed by atoms with Crippen LogP contribution < -0.4 is 10.2 Å². The number of aryl methyl sites for hydroxylation is 1. The number of para-hydroxylation sites is 1. The number of hydrogen-bond donors (Lipinski definition) is 1.